The molecule has 0 fully saturated rings. The van der Waals surface area contributed by atoms with E-state index in [9.17, 15) is 23.5 Å². The maximum Gasteiger partial charge on any atom is 0.258 e. The Hall–Kier alpha value is -5.10. The summed E-state index contributed by atoms with van der Waals surface area (Å²) < 4.78 is 29.4. The van der Waals surface area contributed by atoms with E-state index in [1.165, 1.54) is 29.7 Å². The van der Waals surface area contributed by atoms with E-state index in [-0.39, 0.29) is 29.1 Å². The molecule has 2 atom stereocenters. The molecule has 0 spiro atoms. The molecule has 3 aromatic heterocycles. The summed E-state index contributed by atoms with van der Waals surface area (Å²) >= 11 is 0. The third-order valence-corrected chi connectivity index (χ3v) is 6.57. The van der Waals surface area contributed by atoms with Crippen LogP contribution in [-0.2, 0) is 12.1 Å². The number of aromatic nitrogens is 7. The summed E-state index contributed by atoms with van der Waals surface area (Å²) in [6.07, 6.45) is 4.06. The summed E-state index contributed by atoms with van der Waals surface area (Å²) in [6.45, 7) is 1.42. The van der Waals surface area contributed by atoms with E-state index in [4.69, 9.17) is 0 Å². The second kappa shape index (κ2) is 10.9. The molecular weight excluding hydrogens is 520 g/mol. The van der Waals surface area contributed by atoms with Gasteiger partial charge in [-0.1, -0.05) is 37.3 Å². The minimum absolute atomic E-state index is 0.0874. The smallest absolute Gasteiger partial charge is 0.258 e. The minimum Gasteiger partial charge on any atom is -0.382 e. The van der Waals surface area contributed by atoms with E-state index in [1.807, 2.05) is 18.2 Å². The topological polar surface area (TPSA) is 142 Å². The molecule has 0 aliphatic rings. The highest BCUT2D eigenvalue weighted by Crippen LogP contribution is 2.38. The van der Waals surface area contributed by atoms with Gasteiger partial charge in [-0.05, 0) is 30.3 Å². The van der Waals surface area contributed by atoms with Gasteiger partial charge < -0.3 is 15.1 Å². The van der Waals surface area contributed by atoms with E-state index >= 15 is 0 Å². The summed E-state index contributed by atoms with van der Waals surface area (Å²) in [5.41, 5.74) is -1.32. The van der Waals surface area contributed by atoms with Gasteiger partial charge in [-0.2, -0.15) is 5.10 Å². The summed E-state index contributed by atoms with van der Waals surface area (Å²) in [7, 11) is 0. The van der Waals surface area contributed by atoms with Crippen molar-refractivity contribution in [2.45, 2.75) is 25.0 Å². The molecule has 0 bridgehead atoms. The molecule has 6 aromatic rings. The van der Waals surface area contributed by atoms with Gasteiger partial charge in [0.1, 0.15) is 35.7 Å². The number of aliphatic hydroxyl groups is 1. The summed E-state index contributed by atoms with van der Waals surface area (Å²) in [4.78, 5) is 41.0. The molecule has 12 heteroatoms. The maximum atomic E-state index is 14.6. The lowest BCUT2D eigenvalue weighted by molar-refractivity contribution is -0.0135. The molecule has 2 unspecified atom stereocenters. The van der Waals surface area contributed by atoms with Gasteiger partial charge in [0.25, 0.3) is 11.1 Å². The fourth-order valence-electron chi connectivity index (χ4n) is 4.41. The van der Waals surface area contributed by atoms with Gasteiger partial charge in [0, 0.05) is 17.5 Å². The number of rotatable bonds is 5. The summed E-state index contributed by atoms with van der Waals surface area (Å²) in [5.74, 6) is -2.38. The first-order valence-corrected chi connectivity index (χ1v) is 12.2. The molecule has 6 rings (SSSR count). The van der Waals surface area contributed by atoms with Crippen LogP contribution in [-0.4, -0.2) is 39.8 Å². The second-order valence-electron chi connectivity index (χ2n) is 9.08. The first-order chi connectivity index (χ1) is 19.3. The molecule has 3 heterocycles. The zero-order chi connectivity index (χ0) is 28.3. The van der Waals surface area contributed by atoms with E-state index in [2.05, 4.69) is 30.0 Å². The Bertz CT molecular complexity index is 1900. The average Bonchev–Trinajstić information content (AvgIpc) is 3.46. The second-order valence-corrected chi connectivity index (χ2v) is 9.08. The Morgan fingerprint density at radius 2 is 1.68 bits per heavy atom. The standard InChI is InChI=1S/C20H17F2N5O2.C8H6N2O/c1-12(18-25-17-5-3-2-4-14(17)19(28)26-18)20(29,9-27-11-23-10-24-27)15-7-6-13(21)8-16(15)22;11-8-6-3-1-2-4-7(6)9-5-10-8/h2-8,10-12,29H,9H2,1H3,(H,25,26,28);1-5H,(H,9,10,11). The Balaban J connectivity index is 0.000000244. The highest BCUT2D eigenvalue weighted by molar-refractivity contribution is 5.77. The lowest BCUT2D eigenvalue weighted by atomic mass is 9.81. The molecule has 3 aromatic carbocycles. The first kappa shape index (κ1) is 26.5. The van der Waals surface area contributed by atoms with E-state index in [1.54, 1.807) is 37.3 Å². The first-order valence-electron chi connectivity index (χ1n) is 12.2. The third kappa shape index (κ3) is 5.24. The number of halogens is 2. The fourth-order valence-corrected chi connectivity index (χ4v) is 4.41. The van der Waals surface area contributed by atoms with Crippen LogP contribution in [0.15, 0.2) is 95.3 Å². The van der Waals surface area contributed by atoms with Crippen LogP contribution in [0.1, 0.15) is 24.2 Å². The van der Waals surface area contributed by atoms with Crippen LogP contribution in [0.2, 0.25) is 0 Å². The molecule has 0 amide bonds. The van der Waals surface area contributed by atoms with Gasteiger partial charge in [0.15, 0.2) is 0 Å². The minimum atomic E-state index is -1.90. The molecule has 0 aliphatic heterocycles. The van der Waals surface area contributed by atoms with Crippen molar-refractivity contribution in [3.63, 3.8) is 0 Å². The predicted octanol–water partition coefficient (Wildman–Crippen LogP) is 3.41. The molecule has 0 aliphatic carbocycles. The molecule has 3 N–H and O–H groups in total. The summed E-state index contributed by atoms with van der Waals surface area (Å²) in [5, 5.41) is 16.6. The number of benzene rings is 3. The predicted molar refractivity (Wildman–Crippen MR) is 143 cm³/mol. The third-order valence-electron chi connectivity index (χ3n) is 6.57. The van der Waals surface area contributed by atoms with Crippen molar-refractivity contribution in [3.8, 4) is 0 Å². The molecule has 0 saturated heterocycles. The van der Waals surface area contributed by atoms with Crippen LogP contribution in [0.4, 0.5) is 8.78 Å². The van der Waals surface area contributed by atoms with Crippen molar-refractivity contribution in [1.82, 2.24) is 34.7 Å². The fraction of sp³-hybridized carbons (Fsp3) is 0.143. The Labute approximate surface area is 225 Å². The quantitative estimate of drug-likeness (QED) is 0.302. The highest BCUT2D eigenvalue weighted by atomic mass is 19.1. The number of aromatic amines is 2. The Morgan fingerprint density at radius 3 is 2.35 bits per heavy atom. The van der Waals surface area contributed by atoms with Crippen molar-refractivity contribution < 1.29 is 13.9 Å². The van der Waals surface area contributed by atoms with Gasteiger partial charge in [0.2, 0.25) is 0 Å². The zero-order valence-electron chi connectivity index (χ0n) is 21.1. The van der Waals surface area contributed by atoms with Gasteiger partial charge in [-0.15, -0.1) is 0 Å². The number of hydrogen-bond donors (Lipinski definition) is 3. The SMILES string of the molecule is CC(c1nc2ccccc2c(=O)[nH]1)C(O)(Cn1cncn1)c1ccc(F)cc1F.O=c1[nH]cnc2ccccc12. The molecule has 0 saturated carbocycles. The van der Waals surface area contributed by atoms with Crippen LogP contribution in [0.3, 0.4) is 0 Å². The van der Waals surface area contributed by atoms with Gasteiger partial charge >= 0.3 is 0 Å². The van der Waals surface area contributed by atoms with Crippen molar-refractivity contribution in [2.24, 2.45) is 0 Å². The number of fused-ring (bicyclic) bond motifs is 2. The van der Waals surface area contributed by atoms with E-state index in [0.717, 1.165) is 11.6 Å². The monoisotopic (exact) mass is 543 g/mol. The number of H-pyrrole nitrogens is 2. The number of nitrogens with zero attached hydrogens (tertiary/aromatic N) is 5. The largest absolute Gasteiger partial charge is 0.382 e. The van der Waals surface area contributed by atoms with Gasteiger partial charge in [-0.3, -0.25) is 9.59 Å². The molecule has 202 valence electrons. The molecular formula is C28H23F2N7O3. The van der Waals surface area contributed by atoms with Crippen LogP contribution in [0.25, 0.3) is 21.8 Å². The number of para-hydroxylation sites is 2. The van der Waals surface area contributed by atoms with Crippen LogP contribution in [0.5, 0.6) is 0 Å². The lowest BCUT2D eigenvalue weighted by Gasteiger charge is -2.34. The zero-order valence-corrected chi connectivity index (χ0v) is 21.1. The molecule has 0 radical (unpaired) electrons. The van der Waals surface area contributed by atoms with Crippen molar-refractivity contribution in [3.05, 3.63) is 129 Å². The Kier molecular flexibility index (Phi) is 7.25. The molecule has 40 heavy (non-hydrogen) atoms. The van der Waals surface area contributed by atoms with Crippen molar-refractivity contribution in [2.75, 3.05) is 0 Å². The number of hydrogen-bond acceptors (Lipinski definition) is 7. The van der Waals surface area contributed by atoms with Gasteiger partial charge in [0.05, 0.1) is 34.7 Å². The van der Waals surface area contributed by atoms with E-state index < -0.39 is 23.2 Å². The van der Waals surface area contributed by atoms with Crippen LogP contribution >= 0.6 is 0 Å². The molecule has 10 nitrogen and oxygen atoms in total. The maximum absolute atomic E-state index is 14.6. The lowest BCUT2D eigenvalue weighted by Crippen LogP contribution is -2.39. The van der Waals surface area contributed by atoms with Gasteiger partial charge in [-0.25, -0.2) is 28.4 Å². The Morgan fingerprint density at radius 1 is 0.975 bits per heavy atom. The van der Waals surface area contributed by atoms with Crippen molar-refractivity contribution >= 4 is 21.8 Å². The summed E-state index contributed by atoms with van der Waals surface area (Å²) in [6, 6.07) is 16.9. The normalized spacial score (nSPS) is 13.4. The average molecular weight is 544 g/mol. The van der Waals surface area contributed by atoms with Crippen molar-refractivity contribution in [1.29, 1.82) is 0 Å². The number of nitrogens with one attached hydrogen (secondary N) is 2. The van der Waals surface area contributed by atoms with E-state index in [0.29, 0.717) is 22.4 Å². The van der Waals surface area contributed by atoms with Crippen LogP contribution < -0.4 is 11.1 Å². The van der Waals surface area contributed by atoms with Crippen LogP contribution in [0, 0.1) is 11.6 Å². The highest BCUT2D eigenvalue weighted by Gasteiger charge is 2.41.